The molecule has 0 spiro atoms. The topological polar surface area (TPSA) is 84.7 Å². The van der Waals surface area contributed by atoms with Crippen LogP contribution in [-0.2, 0) is 0 Å². The van der Waals surface area contributed by atoms with E-state index in [9.17, 15) is 10.1 Å². The standard InChI is InChI=1S/C12H8N4O2/c17-16(18)11-2-3-13-6-9(11)10-7-14-5-8-1-4-15-12(8)10/h1-7,15H. The molecule has 88 valence electrons. The number of nitro groups is 1. The average Bonchev–Trinajstić information content (AvgIpc) is 2.86. The first kappa shape index (κ1) is 10.4. The fourth-order valence-corrected chi connectivity index (χ4v) is 1.94. The number of H-pyrrole nitrogens is 1. The SMILES string of the molecule is O=[N+]([O-])c1ccncc1-c1cncc2cc[nH]c12. The van der Waals surface area contributed by atoms with Gasteiger partial charge in [-0.05, 0) is 6.07 Å². The summed E-state index contributed by atoms with van der Waals surface area (Å²) < 4.78 is 0. The van der Waals surface area contributed by atoms with Gasteiger partial charge in [-0.1, -0.05) is 0 Å². The Kier molecular flexibility index (Phi) is 2.26. The fourth-order valence-electron chi connectivity index (χ4n) is 1.94. The summed E-state index contributed by atoms with van der Waals surface area (Å²) in [6.07, 6.45) is 7.97. The van der Waals surface area contributed by atoms with E-state index in [2.05, 4.69) is 15.0 Å². The molecule has 0 aromatic carbocycles. The third-order valence-electron chi connectivity index (χ3n) is 2.75. The lowest BCUT2D eigenvalue weighted by Gasteiger charge is -2.03. The van der Waals surface area contributed by atoms with Crippen molar-refractivity contribution in [2.45, 2.75) is 0 Å². The van der Waals surface area contributed by atoms with Gasteiger partial charge in [0.1, 0.15) is 0 Å². The molecule has 0 bridgehead atoms. The van der Waals surface area contributed by atoms with E-state index in [4.69, 9.17) is 0 Å². The maximum absolute atomic E-state index is 11.0. The van der Waals surface area contributed by atoms with Crippen molar-refractivity contribution in [1.82, 2.24) is 15.0 Å². The maximum atomic E-state index is 11.0. The van der Waals surface area contributed by atoms with Gasteiger partial charge in [-0.15, -0.1) is 0 Å². The van der Waals surface area contributed by atoms with Crippen LogP contribution in [-0.4, -0.2) is 19.9 Å². The molecule has 3 aromatic heterocycles. The normalized spacial score (nSPS) is 10.7. The molecule has 3 rings (SSSR count). The van der Waals surface area contributed by atoms with Crippen molar-refractivity contribution >= 4 is 16.6 Å². The predicted molar refractivity (Wildman–Crippen MR) is 66.0 cm³/mol. The highest BCUT2D eigenvalue weighted by Gasteiger charge is 2.17. The lowest BCUT2D eigenvalue weighted by atomic mass is 10.1. The van der Waals surface area contributed by atoms with Crippen LogP contribution in [0.5, 0.6) is 0 Å². The smallest absolute Gasteiger partial charge is 0.280 e. The second-order valence-electron chi connectivity index (χ2n) is 3.78. The van der Waals surface area contributed by atoms with Crippen molar-refractivity contribution in [2.24, 2.45) is 0 Å². The van der Waals surface area contributed by atoms with Crippen LogP contribution in [0.25, 0.3) is 22.0 Å². The minimum Gasteiger partial charge on any atom is -0.361 e. The third-order valence-corrected chi connectivity index (χ3v) is 2.75. The molecule has 1 N–H and O–H groups in total. The highest BCUT2D eigenvalue weighted by atomic mass is 16.6. The van der Waals surface area contributed by atoms with Gasteiger partial charge in [-0.25, -0.2) is 0 Å². The summed E-state index contributed by atoms with van der Waals surface area (Å²) in [5, 5.41) is 11.9. The summed E-state index contributed by atoms with van der Waals surface area (Å²) in [7, 11) is 0. The number of hydrogen-bond donors (Lipinski definition) is 1. The van der Waals surface area contributed by atoms with E-state index in [1.807, 2.05) is 6.07 Å². The number of hydrogen-bond acceptors (Lipinski definition) is 4. The molecule has 0 aliphatic rings. The lowest BCUT2D eigenvalue weighted by Crippen LogP contribution is -1.93. The van der Waals surface area contributed by atoms with Crippen LogP contribution < -0.4 is 0 Å². The lowest BCUT2D eigenvalue weighted by molar-refractivity contribution is -0.384. The molecular weight excluding hydrogens is 232 g/mol. The summed E-state index contributed by atoms with van der Waals surface area (Å²) in [6, 6.07) is 3.26. The molecule has 0 saturated heterocycles. The van der Waals surface area contributed by atoms with E-state index < -0.39 is 4.92 Å². The zero-order valence-electron chi connectivity index (χ0n) is 9.20. The number of nitrogens with zero attached hydrogens (tertiary/aromatic N) is 3. The molecule has 0 fully saturated rings. The number of aromatic nitrogens is 3. The molecule has 3 aromatic rings. The maximum Gasteiger partial charge on any atom is 0.280 e. The Morgan fingerprint density at radius 2 is 1.94 bits per heavy atom. The second kappa shape index (κ2) is 3.92. The molecular formula is C12H8N4O2. The van der Waals surface area contributed by atoms with E-state index in [-0.39, 0.29) is 5.69 Å². The van der Waals surface area contributed by atoms with E-state index in [1.165, 1.54) is 18.5 Å². The first-order valence-corrected chi connectivity index (χ1v) is 5.27. The Bertz CT molecular complexity index is 736. The van der Waals surface area contributed by atoms with Crippen LogP contribution in [0.4, 0.5) is 5.69 Å². The molecule has 0 aliphatic heterocycles. The van der Waals surface area contributed by atoms with Gasteiger partial charge >= 0.3 is 0 Å². The fraction of sp³-hybridized carbons (Fsp3) is 0. The van der Waals surface area contributed by atoms with Gasteiger partial charge in [-0.2, -0.15) is 0 Å². The summed E-state index contributed by atoms with van der Waals surface area (Å²) in [4.78, 5) is 21.7. The van der Waals surface area contributed by atoms with Gasteiger partial charge in [0, 0.05) is 48.0 Å². The van der Waals surface area contributed by atoms with Gasteiger partial charge in [0.25, 0.3) is 5.69 Å². The highest BCUT2D eigenvalue weighted by Crippen LogP contribution is 2.32. The van der Waals surface area contributed by atoms with E-state index in [0.29, 0.717) is 11.1 Å². The second-order valence-corrected chi connectivity index (χ2v) is 3.78. The summed E-state index contributed by atoms with van der Waals surface area (Å²) in [6.45, 7) is 0. The van der Waals surface area contributed by atoms with Crippen LogP contribution in [0.1, 0.15) is 0 Å². The van der Waals surface area contributed by atoms with Gasteiger partial charge in [0.05, 0.1) is 16.0 Å². The van der Waals surface area contributed by atoms with E-state index >= 15 is 0 Å². The van der Waals surface area contributed by atoms with Crippen molar-refractivity contribution in [1.29, 1.82) is 0 Å². The molecule has 0 saturated carbocycles. The van der Waals surface area contributed by atoms with Gasteiger partial charge in [0.15, 0.2) is 0 Å². The first-order chi connectivity index (χ1) is 8.77. The molecule has 18 heavy (non-hydrogen) atoms. The Hall–Kier alpha value is -2.76. The molecule has 6 nitrogen and oxygen atoms in total. The number of pyridine rings is 2. The predicted octanol–water partition coefficient (Wildman–Crippen LogP) is 2.53. The van der Waals surface area contributed by atoms with E-state index in [1.54, 1.807) is 18.6 Å². The molecule has 0 atom stereocenters. The first-order valence-electron chi connectivity index (χ1n) is 5.27. The van der Waals surface area contributed by atoms with Crippen LogP contribution in [0.3, 0.4) is 0 Å². The number of aromatic amines is 1. The zero-order chi connectivity index (χ0) is 12.5. The Morgan fingerprint density at radius 3 is 2.78 bits per heavy atom. The van der Waals surface area contributed by atoms with Crippen LogP contribution >= 0.6 is 0 Å². The van der Waals surface area contributed by atoms with Gasteiger partial charge in [0.2, 0.25) is 0 Å². The molecule has 0 amide bonds. The van der Waals surface area contributed by atoms with Crippen LogP contribution in [0, 0.1) is 10.1 Å². The van der Waals surface area contributed by atoms with Crippen molar-refractivity contribution in [3.05, 3.63) is 53.2 Å². The number of fused-ring (bicyclic) bond motifs is 1. The third kappa shape index (κ3) is 1.51. The Labute approximate surface area is 101 Å². The largest absolute Gasteiger partial charge is 0.361 e. The van der Waals surface area contributed by atoms with Crippen LogP contribution in [0.2, 0.25) is 0 Å². The molecule has 0 aliphatic carbocycles. The zero-order valence-corrected chi connectivity index (χ0v) is 9.20. The molecule has 3 heterocycles. The molecule has 6 heteroatoms. The minimum absolute atomic E-state index is 0.0221. The molecule has 0 radical (unpaired) electrons. The van der Waals surface area contributed by atoms with Crippen molar-refractivity contribution in [2.75, 3.05) is 0 Å². The van der Waals surface area contributed by atoms with Gasteiger partial charge < -0.3 is 4.98 Å². The highest BCUT2D eigenvalue weighted by molar-refractivity contribution is 5.95. The average molecular weight is 240 g/mol. The number of nitrogens with one attached hydrogen (secondary N) is 1. The number of rotatable bonds is 2. The minimum atomic E-state index is -0.418. The van der Waals surface area contributed by atoms with Crippen molar-refractivity contribution in [3.8, 4) is 11.1 Å². The Balaban J connectivity index is 2.33. The Morgan fingerprint density at radius 1 is 1.11 bits per heavy atom. The van der Waals surface area contributed by atoms with Crippen LogP contribution in [0.15, 0.2) is 43.1 Å². The molecule has 0 unspecified atom stereocenters. The van der Waals surface area contributed by atoms with Crippen molar-refractivity contribution < 1.29 is 4.92 Å². The monoisotopic (exact) mass is 240 g/mol. The quantitative estimate of drug-likeness (QED) is 0.551. The van der Waals surface area contributed by atoms with Gasteiger partial charge in [-0.3, -0.25) is 20.1 Å². The van der Waals surface area contributed by atoms with Crippen molar-refractivity contribution in [3.63, 3.8) is 0 Å². The summed E-state index contributed by atoms with van der Waals surface area (Å²) in [5.74, 6) is 0. The summed E-state index contributed by atoms with van der Waals surface area (Å²) >= 11 is 0. The summed E-state index contributed by atoms with van der Waals surface area (Å²) in [5.41, 5.74) is 1.98. The van der Waals surface area contributed by atoms with E-state index in [0.717, 1.165) is 10.9 Å².